The molecule has 1 atom stereocenters. The van der Waals surface area contributed by atoms with Gasteiger partial charge >= 0.3 is 0 Å². The van der Waals surface area contributed by atoms with E-state index in [-0.39, 0.29) is 11.9 Å². The third-order valence-corrected chi connectivity index (χ3v) is 5.84. The molecule has 4 nitrogen and oxygen atoms in total. The molecule has 2 heterocycles. The van der Waals surface area contributed by atoms with E-state index >= 15 is 0 Å². The largest absolute Gasteiger partial charge is 0.371 e. The molecule has 0 spiro atoms. The van der Waals surface area contributed by atoms with Crippen LogP contribution in [0.3, 0.4) is 0 Å². The van der Waals surface area contributed by atoms with Crippen molar-refractivity contribution in [2.45, 2.75) is 12.6 Å². The summed E-state index contributed by atoms with van der Waals surface area (Å²) in [5.74, 6) is -0.192. The topological polar surface area (TPSA) is 19.0 Å². The standard InChI is InChI=1S/C23H30FN3O/c24-22-8-6-21(7-9-22)23-19-27(16-17-28-23)15-12-25-10-13-26(14-11-25)18-20-4-2-1-3-5-20/h1-9,23H,10-19H2. The predicted molar refractivity (Wildman–Crippen MR) is 110 cm³/mol. The molecular formula is C23H30FN3O. The fourth-order valence-electron chi connectivity index (χ4n) is 4.08. The SMILES string of the molecule is Fc1ccc(C2CN(CCN3CCN(Cc4ccccc4)CC3)CCO2)cc1. The first kappa shape index (κ1) is 19.5. The van der Waals surface area contributed by atoms with E-state index in [2.05, 4.69) is 45.0 Å². The summed E-state index contributed by atoms with van der Waals surface area (Å²) in [6.07, 6.45) is 0.0528. The Morgan fingerprint density at radius 3 is 2.21 bits per heavy atom. The highest BCUT2D eigenvalue weighted by Gasteiger charge is 2.23. The van der Waals surface area contributed by atoms with E-state index in [1.807, 2.05) is 12.1 Å². The molecule has 2 saturated heterocycles. The Morgan fingerprint density at radius 2 is 1.46 bits per heavy atom. The second-order valence-corrected chi connectivity index (χ2v) is 7.81. The van der Waals surface area contributed by atoms with E-state index < -0.39 is 0 Å². The van der Waals surface area contributed by atoms with Crippen LogP contribution in [0.25, 0.3) is 0 Å². The van der Waals surface area contributed by atoms with Crippen molar-refractivity contribution in [3.63, 3.8) is 0 Å². The minimum absolute atomic E-state index is 0.0528. The molecule has 0 amide bonds. The lowest BCUT2D eigenvalue weighted by atomic mass is 10.1. The van der Waals surface area contributed by atoms with Gasteiger partial charge < -0.3 is 4.74 Å². The van der Waals surface area contributed by atoms with E-state index in [1.165, 1.54) is 17.7 Å². The Bertz CT molecular complexity index is 716. The van der Waals surface area contributed by atoms with Gasteiger partial charge in [-0.2, -0.15) is 0 Å². The maximum atomic E-state index is 13.1. The van der Waals surface area contributed by atoms with Crippen molar-refractivity contribution in [1.29, 1.82) is 0 Å². The van der Waals surface area contributed by atoms with Gasteiger partial charge in [0.1, 0.15) is 5.82 Å². The van der Waals surface area contributed by atoms with Crippen LogP contribution in [0.15, 0.2) is 54.6 Å². The van der Waals surface area contributed by atoms with Crippen LogP contribution in [0.2, 0.25) is 0 Å². The fraction of sp³-hybridized carbons (Fsp3) is 0.478. The lowest BCUT2D eigenvalue weighted by Crippen LogP contribution is -2.49. The first-order valence-electron chi connectivity index (χ1n) is 10.3. The van der Waals surface area contributed by atoms with E-state index in [0.717, 1.165) is 71.1 Å². The van der Waals surface area contributed by atoms with Crippen molar-refractivity contribution in [1.82, 2.24) is 14.7 Å². The molecule has 2 aromatic rings. The molecule has 2 aliphatic heterocycles. The van der Waals surface area contributed by atoms with Gasteiger partial charge in [0.15, 0.2) is 0 Å². The minimum atomic E-state index is -0.192. The zero-order chi connectivity index (χ0) is 19.2. The number of nitrogens with zero attached hydrogens (tertiary/aromatic N) is 3. The Kier molecular flexibility index (Phi) is 6.70. The highest BCUT2D eigenvalue weighted by molar-refractivity contribution is 5.19. The van der Waals surface area contributed by atoms with Crippen LogP contribution in [-0.4, -0.2) is 73.7 Å². The van der Waals surface area contributed by atoms with Crippen LogP contribution in [0, 0.1) is 5.82 Å². The molecule has 4 rings (SSSR count). The zero-order valence-corrected chi connectivity index (χ0v) is 16.5. The van der Waals surface area contributed by atoms with Crippen molar-refractivity contribution in [2.75, 3.05) is 59.0 Å². The summed E-state index contributed by atoms with van der Waals surface area (Å²) in [6.45, 7) is 10.4. The number of benzene rings is 2. The Labute approximate surface area is 167 Å². The first-order valence-corrected chi connectivity index (χ1v) is 10.3. The molecule has 2 fully saturated rings. The average Bonchev–Trinajstić information content (AvgIpc) is 2.75. The third-order valence-electron chi connectivity index (χ3n) is 5.84. The third kappa shape index (κ3) is 5.39. The first-order chi connectivity index (χ1) is 13.8. The molecule has 0 aliphatic carbocycles. The number of piperazine rings is 1. The normalized spacial score (nSPS) is 22.4. The summed E-state index contributed by atoms with van der Waals surface area (Å²) >= 11 is 0. The second-order valence-electron chi connectivity index (χ2n) is 7.81. The summed E-state index contributed by atoms with van der Waals surface area (Å²) in [5, 5.41) is 0. The van der Waals surface area contributed by atoms with Crippen LogP contribution in [0.4, 0.5) is 4.39 Å². The number of morpholine rings is 1. The van der Waals surface area contributed by atoms with Gasteiger partial charge in [-0.05, 0) is 23.3 Å². The van der Waals surface area contributed by atoms with Gasteiger partial charge in [-0.15, -0.1) is 0 Å². The molecular weight excluding hydrogens is 353 g/mol. The van der Waals surface area contributed by atoms with Gasteiger partial charge in [-0.3, -0.25) is 14.7 Å². The Hall–Kier alpha value is -1.79. The number of halogens is 1. The quantitative estimate of drug-likeness (QED) is 0.763. The van der Waals surface area contributed by atoms with Gasteiger partial charge in [0.2, 0.25) is 0 Å². The van der Waals surface area contributed by atoms with Gasteiger partial charge in [-0.25, -0.2) is 4.39 Å². The molecule has 1 unspecified atom stereocenters. The molecule has 2 aromatic carbocycles. The molecule has 5 heteroatoms. The Balaban J connectivity index is 1.19. The van der Waals surface area contributed by atoms with E-state index in [1.54, 1.807) is 0 Å². The number of hydrogen-bond acceptors (Lipinski definition) is 4. The zero-order valence-electron chi connectivity index (χ0n) is 16.5. The molecule has 2 aliphatic rings. The van der Waals surface area contributed by atoms with Crippen LogP contribution in [0.1, 0.15) is 17.2 Å². The Morgan fingerprint density at radius 1 is 0.786 bits per heavy atom. The van der Waals surface area contributed by atoms with Crippen molar-refractivity contribution in [2.24, 2.45) is 0 Å². The molecule has 28 heavy (non-hydrogen) atoms. The van der Waals surface area contributed by atoms with E-state index in [4.69, 9.17) is 4.74 Å². The molecule has 0 bridgehead atoms. The highest BCUT2D eigenvalue weighted by Crippen LogP contribution is 2.22. The smallest absolute Gasteiger partial charge is 0.123 e. The molecule has 0 N–H and O–H groups in total. The van der Waals surface area contributed by atoms with Crippen molar-refractivity contribution >= 4 is 0 Å². The maximum Gasteiger partial charge on any atom is 0.123 e. The molecule has 150 valence electrons. The van der Waals surface area contributed by atoms with Crippen LogP contribution in [-0.2, 0) is 11.3 Å². The van der Waals surface area contributed by atoms with Crippen molar-refractivity contribution in [3.8, 4) is 0 Å². The van der Waals surface area contributed by atoms with Gasteiger partial charge in [-0.1, -0.05) is 42.5 Å². The van der Waals surface area contributed by atoms with Gasteiger partial charge in [0.25, 0.3) is 0 Å². The average molecular weight is 384 g/mol. The van der Waals surface area contributed by atoms with E-state index in [9.17, 15) is 4.39 Å². The summed E-state index contributed by atoms with van der Waals surface area (Å²) in [7, 11) is 0. The van der Waals surface area contributed by atoms with Gasteiger partial charge in [0, 0.05) is 58.9 Å². The molecule has 0 saturated carbocycles. The van der Waals surface area contributed by atoms with Crippen LogP contribution >= 0.6 is 0 Å². The van der Waals surface area contributed by atoms with Crippen LogP contribution < -0.4 is 0 Å². The lowest BCUT2D eigenvalue weighted by Gasteiger charge is -2.37. The van der Waals surface area contributed by atoms with Crippen molar-refractivity contribution in [3.05, 3.63) is 71.5 Å². The lowest BCUT2D eigenvalue weighted by molar-refractivity contribution is -0.0332. The minimum Gasteiger partial charge on any atom is -0.371 e. The van der Waals surface area contributed by atoms with Gasteiger partial charge in [0.05, 0.1) is 12.7 Å². The highest BCUT2D eigenvalue weighted by atomic mass is 19.1. The number of hydrogen-bond donors (Lipinski definition) is 0. The predicted octanol–water partition coefficient (Wildman–Crippen LogP) is 3.02. The second kappa shape index (κ2) is 9.61. The number of rotatable bonds is 6. The van der Waals surface area contributed by atoms with Crippen molar-refractivity contribution < 1.29 is 9.13 Å². The summed E-state index contributed by atoms with van der Waals surface area (Å²) < 4.78 is 19.1. The maximum absolute atomic E-state index is 13.1. The monoisotopic (exact) mass is 383 g/mol. The summed E-state index contributed by atoms with van der Waals surface area (Å²) in [5.41, 5.74) is 2.47. The fourth-order valence-corrected chi connectivity index (χ4v) is 4.08. The molecule has 0 radical (unpaired) electrons. The summed E-state index contributed by atoms with van der Waals surface area (Å²) in [6, 6.07) is 17.5. The van der Waals surface area contributed by atoms with E-state index in [0.29, 0.717) is 0 Å². The van der Waals surface area contributed by atoms with Crippen LogP contribution in [0.5, 0.6) is 0 Å². The summed E-state index contributed by atoms with van der Waals surface area (Å²) in [4.78, 5) is 7.60. The number of ether oxygens (including phenoxy) is 1. The molecule has 0 aromatic heterocycles.